The number of aromatic nitrogens is 1. The highest BCUT2D eigenvalue weighted by atomic mass is 16.3. The lowest BCUT2D eigenvalue weighted by Crippen LogP contribution is -2.42. The zero-order chi connectivity index (χ0) is 13.8. The van der Waals surface area contributed by atoms with Gasteiger partial charge >= 0.3 is 0 Å². The van der Waals surface area contributed by atoms with Crippen LogP contribution in [0.4, 0.5) is 0 Å². The minimum absolute atomic E-state index is 0.240. The van der Waals surface area contributed by atoms with E-state index in [1.807, 2.05) is 0 Å². The Bertz CT molecular complexity index is 619. The van der Waals surface area contributed by atoms with Crippen LogP contribution in [0.3, 0.4) is 0 Å². The van der Waals surface area contributed by atoms with Crippen LogP contribution in [0.15, 0.2) is 34.9 Å². The zero-order valence-electron chi connectivity index (χ0n) is 10.6. The van der Waals surface area contributed by atoms with Crippen LogP contribution in [0, 0.1) is 13.8 Å². The summed E-state index contributed by atoms with van der Waals surface area (Å²) < 4.78 is 5.01. The molecule has 98 valence electrons. The molecule has 2 heterocycles. The van der Waals surface area contributed by atoms with Crippen molar-refractivity contribution < 1.29 is 14.0 Å². The zero-order valence-corrected chi connectivity index (χ0v) is 10.6. The topological polar surface area (TPSA) is 84.2 Å². The highest BCUT2D eigenvalue weighted by Gasteiger charge is 2.13. The Balaban J connectivity index is 1.98. The lowest BCUT2D eigenvalue weighted by molar-refractivity contribution is 0.0843. The summed E-state index contributed by atoms with van der Waals surface area (Å²) in [6.45, 7) is 3.45. The Hall–Kier alpha value is -2.63. The van der Waals surface area contributed by atoms with Crippen LogP contribution in [-0.4, -0.2) is 16.8 Å². The molecule has 0 radical (unpaired) electrons. The molecule has 0 bridgehead atoms. The molecule has 0 fully saturated rings. The molecule has 0 saturated carbocycles. The number of aryl methyl sites for hydroxylation is 2. The van der Waals surface area contributed by atoms with E-state index in [0.717, 1.165) is 5.69 Å². The van der Waals surface area contributed by atoms with Crippen molar-refractivity contribution in [3.05, 3.63) is 53.2 Å². The number of hydrazine groups is 1. The molecule has 0 atom stereocenters. The summed E-state index contributed by atoms with van der Waals surface area (Å²) in [7, 11) is 0. The van der Waals surface area contributed by atoms with Gasteiger partial charge in [-0.15, -0.1) is 0 Å². The van der Waals surface area contributed by atoms with Crippen molar-refractivity contribution in [1.29, 1.82) is 0 Å². The fourth-order valence-corrected chi connectivity index (χ4v) is 1.53. The molecule has 0 aliphatic heterocycles. The van der Waals surface area contributed by atoms with E-state index in [-0.39, 0.29) is 5.69 Å². The number of pyridine rings is 1. The average molecular weight is 259 g/mol. The van der Waals surface area contributed by atoms with E-state index < -0.39 is 11.8 Å². The van der Waals surface area contributed by atoms with E-state index >= 15 is 0 Å². The van der Waals surface area contributed by atoms with Gasteiger partial charge in [0.25, 0.3) is 11.8 Å². The predicted octanol–water partition coefficient (Wildman–Crippen LogP) is 1.37. The fourth-order valence-electron chi connectivity index (χ4n) is 1.53. The van der Waals surface area contributed by atoms with Crippen molar-refractivity contribution in [3.63, 3.8) is 0 Å². The molecule has 0 aromatic carbocycles. The minimum Gasteiger partial charge on any atom is -0.469 e. The molecule has 2 aromatic heterocycles. The summed E-state index contributed by atoms with van der Waals surface area (Å²) >= 11 is 0. The first kappa shape index (κ1) is 12.8. The van der Waals surface area contributed by atoms with E-state index in [4.69, 9.17) is 4.42 Å². The molecular formula is C13H13N3O3. The smallest absolute Gasteiger partial charge is 0.288 e. The second-order valence-electron chi connectivity index (χ2n) is 3.96. The van der Waals surface area contributed by atoms with Gasteiger partial charge in [0.1, 0.15) is 11.5 Å². The van der Waals surface area contributed by atoms with E-state index in [2.05, 4.69) is 15.8 Å². The summed E-state index contributed by atoms with van der Waals surface area (Å²) in [6, 6.07) is 6.60. The van der Waals surface area contributed by atoms with Crippen LogP contribution in [-0.2, 0) is 0 Å². The van der Waals surface area contributed by atoms with Gasteiger partial charge in [0.05, 0.1) is 11.8 Å². The number of furan rings is 1. The van der Waals surface area contributed by atoms with Gasteiger partial charge in [-0.25, -0.2) is 4.98 Å². The number of hydrogen-bond donors (Lipinski definition) is 2. The van der Waals surface area contributed by atoms with Crippen molar-refractivity contribution in [3.8, 4) is 0 Å². The van der Waals surface area contributed by atoms with Gasteiger partial charge in [-0.2, -0.15) is 0 Å². The summed E-state index contributed by atoms with van der Waals surface area (Å²) in [5.74, 6) is -0.425. The second-order valence-corrected chi connectivity index (χ2v) is 3.96. The first-order valence-corrected chi connectivity index (χ1v) is 5.66. The van der Waals surface area contributed by atoms with Gasteiger partial charge in [-0.1, -0.05) is 6.07 Å². The van der Waals surface area contributed by atoms with Gasteiger partial charge < -0.3 is 4.42 Å². The monoisotopic (exact) mass is 259 g/mol. The maximum atomic E-state index is 11.7. The molecule has 0 aliphatic carbocycles. The summed E-state index contributed by atoms with van der Waals surface area (Å²) in [6.07, 6.45) is 1.41. The molecule has 0 unspecified atom stereocenters. The normalized spacial score (nSPS) is 10.0. The lowest BCUT2D eigenvalue weighted by atomic mass is 10.2. The van der Waals surface area contributed by atoms with Gasteiger partial charge in [-0.05, 0) is 32.0 Å². The predicted molar refractivity (Wildman–Crippen MR) is 67.4 cm³/mol. The first-order valence-electron chi connectivity index (χ1n) is 5.66. The van der Waals surface area contributed by atoms with Gasteiger partial charge in [0.2, 0.25) is 0 Å². The maximum Gasteiger partial charge on any atom is 0.288 e. The van der Waals surface area contributed by atoms with Gasteiger partial charge in [-0.3, -0.25) is 20.4 Å². The van der Waals surface area contributed by atoms with Crippen molar-refractivity contribution in [2.45, 2.75) is 13.8 Å². The van der Waals surface area contributed by atoms with Crippen molar-refractivity contribution in [1.82, 2.24) is 15.8 Å². The molecule has 6 heteroatoms. The molecular weight excluding hydrogens is 246 g/mol. The van der Waals surface area contributed by atoms with E-state index in [9.17, 15) is 9.59 Å². The number of amides is 2. The van der Waals surface area contributed by atoms with Gasteiger partial charge in [0, 0.05) is 5.69 Å². The Morgan fingerprint density at radius 3 is 2.47 bits per heavy atom. The third-order valence-electron chi connectivity index (χ3n) is 2.51. The number of hydrogen-bond acceptors (Lipinski definition) is 4. The van der Waals surface area contributed by atoms with Crippen molar-refractivity contribution >= 4 is 11.8 Å². The third-order valence-corrected chi connectivity index (χ3v) is 2.51. The molecule has 0 saturated heterocycles. The number of carbonyl (C=O) groups excluding carboxylic acids is 2. The Morgan fingerprint density at radius 1 is 1.11 bits per heavy atom. The summed E-state index contributed by atoms with van der Waals surface area (Å²) in [5.41, 5.74) is 5.94. The molecule has 0 spiro atoms. The summed E-state index contributed by atoms with van der Waals surface area (Å²) in [5, 5.41) is 0. The molecule has 2 N–H and O–H groups in total. The van der Waals surface area contributed by atoms with Crippen LogP contribution in [0.5, 0.6) is 0 Å². The Kier molecular flexibility index (Phi) is 3.61. The number of nitrogens with zero attached hydrogens (tertiary/aromatic N) is 1. The van der Waals surface area contributed by atoms with E-state index in [1.165, 1.54) is 12.3 Å². The van der Waals surface area contributed by atoms with Crippen molar-refractivity contribution in [2.75, 3.05) is 0 Å². The van der Waals surface area contributed by atoms with Crippen LogP contribution in [0.25, 0.3) is 0 Å². The highest BCUT2D eigenvalue weighted by Crippen LogP contribution is 2.07. The first-order chi connectivity index (χ1) is 9.08. The quantitative estimate of drug-likeness (QED) is 0.798. The maximum absolute atomic E-state index is 11.7. The fraction of sp³-hybridized carbons (Fsp3) is 0.154. The minimum atomic E-state index is -0.474. The molecule has 19 heavy (non-hydrogen) atoms. The molecule has 2 amide bonds. The van der Waals surface area contributed by atoms with E-state index in [1.54, 1.807) is 32.0 Å². The molecule has 6 nitrogen and oxygen atoms in total. The molecule has 0 aliphatic rings. The van der Waals surface area contributed by atoms with Crippen LogP contribution < -0.4 is 10.9 Å². The van der Waals surface area contributed by atoms with Crippen LogP contribution >= 0.6 is 0 Å². The average Bonchev–Trinajstić information content (AvgIpc) is 2.82. The highest BCUT2D eigenvalue weighted by molar-refractivity contribution is 5.98. The lowest BCUT2D eigenvalue weighted by Gasteiger charge is -2.06. The van der Waals surface area contributed by atoms with Crippen LogP contribution in [0.1, 0.15) is 32.3 Å². The van der Waals surface area contributed by atoms with Crippen molar-refractivity contribution in [2.24, 2.45) is 0 Å². The summed E-state index contributed by atoms with van der Waals surface area (Å²) in [4.78, 5) is 27.5. The Morgan fingerprint density at radius 2 is 1.84 bits per heavy atom. The van der Waals surface area contributed by atoms with E-state index in [0.29, 0.717) is 11.3 Å². The number of carbonyl (C=O) groups is 2. The standard InChI is InChI=1S/C13H13N3O3/c1-8-4-3-5-11(14-8)13(18)16-15-12(17)10-6-7-19-9(10)2/h3-7H,1-2H3,(H,15,17)(H,16,18). The molecule has 2 aromatic rings. The third kappa shape index (κ3) is 2.98. The van der Waals surface area contributed by atoms with Crippen LogP contribution in [0.2, 0.25) is 0 Å². The second kappa shape index (κ2) is 5.34. The number of nitrogens with one attached hydrogen (secondary N) is 2. The molecule has 2 rings (SSSR count). The largest absolute Gasteiger partial charge is 0.469 e. The number of rotatable bonds is 2. The Labute approximate surface area is 109 Å². The SMILES string of the molecule is Cc1cccc(C(=O)NNC(=O)c2ccoc2C)n1. The van der Waals surface area contributed by atoms with Gasteiger partial charge in [0.15, 0.2) is 0 Å².